The third-order valence-electron chi connectivity index (χ3n) is 4.15. The fourth-order valence-corrected chi connectivity index (χ4v) is 3.17. The molecule has 3 aromatic rings. The second-order valence-electron chi connectivity index (χ2n) is 6.25. The summed E-state index contributed by atoms with van der Waals surface area (Å²) >= 11 is 3.64. The van der Waals surface area contributed by atoms with Gasteiger partial charge in [-0.15, -0.1) is 0 Å². The summed E-state index contributed by atoms with van der Waals surface area (Å²) in [6.45, 7) is 2.31. The van der Waals surface area contributed by atoms with Crippen molar-refractivity contribution in [2.45, 2.75) is 6.54 Å². The number of methoxy groups -OCH3 is 1. The second-order valence-corrected chi connectivity index (χ2v) is 7.10. The quantitative estimate of drug-likeness (QED) is 0.585. The molecule has 1 aromatic heterocycles. The molecule has 132 valence electrons. The van der Waals surface area contributed by atoms with Crippen LogP contribution in [0.15, 0.2) is 53.1 Å². The molecular weight excluding hydrogens is 380 g/mol. The molecule has 0 radical (unpaired) electrons. The van der Waals surface area contributed by atoms with Gasteiger partial charge in [0.2, 0.25) is 0 Å². The van der Waals surface area contributed by atoms with Gasteiger partial charge in [-0.3, -0.25) is 0 Å². The highest BCUT2D eigenvalue weighted by atomic mass is 79.9. The molecular formula is C20H23BrN2O2. The van der Waals surface area contributed by atoms with Crippen molar-refractivity contribution in [2.24, 2.45) is 0 Å². The molecule has 2 aromatic carbocycles. The van der Waals surface area contributed by atoms with Gasteiger partial charge in [-0.2, -0.15) is 0 Å². The molecule has 0 unspecified atom stereocenters. The average molecular weight is 403 g/mol. The van der Waals surface area contributed by atoms with Crippen molar-refractivity contribution in [2.75, 3.05) is 34.4 Å². The van der Waals surface area contributed by atoms with E-state index in [0.29, 0.717) is 6.61 Å². The monoisotopic (exact) mass is 402 g/mol. The standard InChI is InChI=1S/C20H23BrN2O2/c1-22(2)10-11-25-20-14-23(13-15-6-4-5-7-18(15)21)19-9-8-16(24-3)12-17(19)20/h4-9,12,14H,10-11,13H2,1-3H3. The molecule has 0 aliphatic carbocycles. The van der Waals surface area contributed by atoms with Gasteiger partial charge in [0.15, 0.2) is 0 Å². The Balaban J connectivity index is 1.96. The van der Waals surface area contributed by atoms with Gasteiger partial charge in [0.05, 0.1) is 12.6 Å². The zero-order chi connectivity index (χ0) is 17.8. The van der Waals surface area contributed by atoms with Gasteiger partial charge in [0.25, 0.3) is 0 Å². The van der Waals surface area contributed by atoms with Crippen LogP contribution < -0.4 is 9.47 Å². The molecule has 4 nitrogen and oxygen atoms in total. The van der Waals surface area contributed by atoms with Crippen LogP contribution in [0.3, 0.4) is 0 Å². The molecule has 5 heteroatoms. The average Bonchev–Trinajstić information content (AvgIpc) is 2.93. The lowest BCUT2D eigenvalue weighted by atomic mass is 10.2. The molecule has 0 aliphatic rings. The van der Waals surface area contributed by atoms with E-state index < -0.39 is 0 Å². The van der Waals surface area contributed by atoms with Crippen LogP contribution >= 0.6 is 15.9 Å². The van der Waals surface area contributed by atoms with Crippen molar-refractivity contribution in [1.29, 1.82) is 0 Å². The van der Waals surface area contributed by atoms with Crippen LogP contribution in [0.1, 0.15) is 5.56 Å². The number of benzene rings is 2. The smallest absolute Gasteiger partial charge is 0.144 e. The molecule has 0 bridgehead atoms. The van der Waals surface area contributed by atoms with Gasteiger partial charge >= 0.3 is 0 Å². The topological polar surface area (TPSA) is 26.6 Å². The number of hydrogen-bond donors (Lipinski definition) is 0. The number of fused-ring (bicyclic) bond motifs is 1. The maximum Gasteiger partial charge on any atom is 0.144 e. The number of nitrogens with zero attached hydrogens (tertiary/aromatic N) is 2. The molecule has 0 N–H and O–H groups in total. The van der Waals surface area contributed by atoms with E-state index in [1.807, 2.05) is 32.3 Å². The van der Waals surface area contributed by atoms with Crippen LogP contribution in [0.2, 0.25) is 0 Å². The van der Waals surface area contributed by atoms with Crippen molar-refractivity contribution in [3.8, 4) is 11.5 Å². The highest BCUT2D eigenvalue weighted by Crippen LogP contribution is 2.32. The molecule has 0 atom stereocenters. The number of hydrogen-bond acceptors (Lipinski definition) is 3. The molecule has 0 spiro atoms. The van der Waals surface area contributed by atoms with E-state index in [4.69, 9.17) is 9.47 Å². The molecule has 0 saturated heterocycles. The maximum atomic E-state index is 6.05. The Labute approximate surface area is 157 Å². The number of halogens is 1. The van der Waals surface area contributed by atoms with Gasteiger partial charge in [0, 0.05) is 29.1 Å². The van der Waals surface area contributed by atoms with Gasteiger partial charge in [0.1, 0.15) is 18.1 Å². The number of likely N-dealkylation sites (N-methyl/N-ethyl adjacent to an activating group) is 1. The highest BCUT2D eigenvalue weighted by molar-refractivity contribution is 9.10. The Morgan fingerprint density at radius 3 is 2.64 bits per heavy atom. The minimum atomic E-state index is 0.651. The second kappa shape index (κ2) is 7.93. The zero-order valence-electron chi connectivity index (χ0n) is 14.8. The van der Waals surface area contributed by atoms with Crippen LogP contribution in [-0.2, 0) is 6.54 Å². The molecule has 1 heterocycles. The largest absolute Gasteiger partial charge is 0.497 e. The van der Waals surface area contributed by atoms with Crippen LogP contribution in [-0.4, -0.2) is 43.8 Å². The molecule has 3 rings (SSSR count). The number of rotatable bonds is 7. The normalized spacial score (nSPS) is 11.2. The summed E-state index contributed by atoms with van der Waals surface area (Å²) < 4.78 is 14.8. The Hall–Kier alpha value is -1.98. The Kier molecular flexibility index (Phi) is 5.66. The summed E-state index contributed by atoms with van der Waals surface area (Å²) in [5.41, 5.74) is 2.37. The first-order valence-electron chi connectivity index (χ1n) is 8.26. The minimum absolute atomic E-state index is 0.651. The summed E-state index contributed by atoms with van der Waals surface area (Å²) in [5.74, 6) is 1.73. The van der Waals surface area contributed by atoms with Gasteiger partial charge in [-0.1, -0.05) is 34.1 Å². The van der Waals surface area contributed by atoms with Crippen LogP contribution in [0, 0.1) is 0 Å². The van der Waals surface area contributed by atoms with Crippen molar-refractivity contribution in [3.05, 3.63) is 58.7 Å². The van der Waals surface area contributed by atoms with E-state index in [9.17, 15) is 0 Å². The predicted molar refractivity (Wildman–Crippen MR) is 106 cm³/mol. The van der Waals surface area contributed by atoms with Crippen LogP contribution in [0.4, 0.5) is 0 Å². The van der Waals surface area contributed by atoms with E-state index in [2.05, 4.69) is 55.9 Å². The van der Waals surface area contributed by atoms with Crippen LogP contribution in [0.5, 0.6) is 11.5 Å². The summed E-state index contributed by atoms with van der Waals surface area (Å²) in [4.78, 5) is 2.11. The Morgan fingerprint density at radius 2 is 1.92 bits per heavy atom. The molecule has 0 amide bonds. The Morgan fingerprint density at radius 1 is 1.12 bits per heavy atom. The van der Waals surface area contributed by atoms with E-state index in [-0.39, 0.29) is 0 Å². The minimum Gasteiger partial charge on any atom is -0.497 e. The van der Waals surface area contributed by atoms with Crippen molar-refractivity contribution >= 4 is 26.8 Å². The Bertz CT molecular complexity index is 858. The third-order valence-corrected chi connectivity index (χ3v) is 4.92. The van der Waals surface area contributed by atoms with E-state index in [1.54, 1.807) is 7.11 Å². The number of ether oxygens (including phenoxy) is 2. The van der Waals surface area contributed by atoms with E-state index in [0.717, 1.165) is 40.0 Å². The molecule has 25 heavy (non-hydrogen) atoms. The van der Waals surface area contributed by atoms with E-state index in [1.165, 1.54) is 5.56 Å². The van der Waals surface area contributed by atoms with Gasteiger partial charge < -0.3 is 18.9 Å². The molecule has 0 saturated carbocycles. The summed E-state index contributed by atoms with van der Waals surface area (Å²) in [7, 11) is 5.77. The summed E-state index contributed by atoms with van der Waals surface area (Å²) in [5, 5.41) is 1.07. The van der Waals surface area contributed by atoms with Crippen molar-refractivity contribution in [3.63, 3.8) is 0 Å². The first kappa shape index (κ1) is 17.8. The zero-order valence-corrected chi connectivity index (χ0v) is 16.4. The first-order valence-corrected chi connectivity index (χ1v) is 9.05. The maximum absolute atomic E-state index is 6.05. The first-order chi connectivity index (χ1) is 12.1. The fraction of sp³-hybridized carbons (Fsp3) is 0.300. The lowest BCUT2D eigenvalue weighted by Gasteiger charge is -2.10. The molecule has 0 aliphatic heterocycles. The van der Waals surface area contributed by atoms with E-state index >= 15 is 0 Å². The van der Waals surface area contributed by atoms with Gasteiger partial charge in [-0.25, -0.2) is 0 Å². The van der Waals surface area contributed by atoms with Gasteiger partial charge in [-0.05, 0) is 43.9 Å². The van der Waals surface area contributed by atoms with Crippen LogP contribution in [0.25, 0.3) is 10.9 Å². The SMILES string of the molecule is COc1ccc2c(c1)c(OCCN(C)C)cn2Cc1ccccc1Br. The lowest BCUT2D eigenvalue weighted by Crippen LogP contribution is -2.19. The lowest BCUT2D eigenvalue weighted by molar-refractivity contribution is 0.263. The summed E-state index contributed by atoms with van der Waals surface area (Å²) in [6, 6.07) is 14.4. The molecule has 0 fully saturated rings. The third kappa shape index (κ3) is 4.17. The highest BCUT2D eigenvalue weighted by Gasteiger charge is 2.12. The van der Waals surface area contributed by atoms with Crippen molar-refractivity contribution < 1.29 is 9.47 Å². The van der Waals surface area contributed by atoms with Crippen molar-refractivity contribution in [1.82, 2.24) is 9.47 Å². The number of aromatic nitrogens is 1. The summed E-state index contributed by atoms with van der Waals surface area (Å²) in [6.07, 6.45) is 2.08. The fourth-order valence-electron chi connectivity index (χ4n) is 2.76. The predicted octanol–water partition coefficient (Wildman–Crippen LogP) is 4.40.